The Hall–Kier alpha value is -1.84. The Morgan fingerprint density at radius 1 is 1.21 bits per heavy atom. The third-order valence-electron chi connectivity index (χ3n) is 4.67. The smallest absolute Gasteiger partial charge is 0.229 e. The number of aromatic amines is 1. The lowest BCUT2D eigenvalue weighted by atomic mass is 10.0. The van der Waals surface area contributed by atoms with E-state index < -0.39 is 0 Å². The second kappa shape index (κ2) is 4.08. The molecule has 4 nitrogen and oxygen atoms in total. The van der Waals surface area contributed by atoms with Gasteiger partial charge in [-0.3, -0.25) is 9.89 Å². The number of nitrogens with zero attached hydrogens (tertiary/aromatic N) is 1. The highest BCUT2D eigenvalue weighted by molar-refractivity contribution is 6.01. The molecule has 2 fully saturated rings. The summed E-state index contributed by atoms with van der Waals surface area (Å²) in [5.74, 6) is 2.34. The molecule has 0 spiro atoms. The van der Waals surface area contributed by atoms with Crippen molar-refractivity contribution in [2.75, 3.05) is 5.32 Å². The summed E-state index contributed by atoms with van der Waals surface area (Å²) in [6.45, 7) is 0. The molecular weight excluding hydrogens is 238 g/mol. The van der Waals surface area contributed by atoms with Gasteiger partial charge in [-0.1, -0.05) is 25.0 Å². The van der Waals surface area contributed by atoms with E-state index in [1.807, 2.05) is 24.3 Å². The zero-order chi connectivity index (χ0) is 12.8. The number of nitrogens with one attached hydrogen (secondary N) is 2. The van der Waals surface area contributed by atoms with Crippen LogP contribution in [0.1, 0.15) is 25.7 Å². The minimum atomic E-state index is 0.161. The Morgan fingerprint density at radius 2 is 1.95 bits per heavy atom. The number of benzene rings is 1. The summed E-state index contributed by atoms with van der Waals surface area (Å²) in [6, 6.07) is 7.87. The molecule has 2 aliphatic carbocycles. The molecule has 0 bridgehead atoms. The third-order valence-corrected chi connectivity index (χ3v) is 4.67. The molecule has 2 saturated carbocycles. The second-order valence-corrected chi connectivity index (χ2v) is 5.74. The van der Waals surface area contributed by atoms with E-state index in [1.54, 1.807) is 0 Å². The normalized spacial score (nSPS) is 28.9. The number of hydrogen-bond donors (Lipinski definition) is 2. The van der Waals surface area contributed by atoms with E-state index in [9.17, 15) is 4.79 Å². The molecule has 2 unspecified atom stereocenters. The number of H-pyrrole nitrogens is 1. The average Bonchev–Trinajstić information content (AvgIpc) is 3.06. The molecule has 1 aromatic carbocycles. The topological polar surface area (TPSA) is 57.8 Å². The van der Waals surface area contributed by atoms with Crippen LogP contribution in [0.3, 0.4) is 0 Å². The minimum absolute atomic E-state index is 0.161. The summed E-state index contributed by atoms with van der Waals surface area (Å²) < 4.78 is 0. The van der Waals surface area contributed by atoms with Crippen molar-refractivity contribution in [2.24, 2.45) is 17.8 Å². The van der Waals surface area contributed by atoms with Gasteiger partial charge in [0.25, 0.3) is 0 Å². The van der Waals surface area contributed by atoms with E-state index in [0.29, 0.717) is 17.7 Å². The van der Waals surface area contributed by atoms with E-state index in [1.165, 1.54) is 25.7 Å². The van der Waals surface area contributed by atoms with Crippen molar-refractivity contribution in [2.45, 2.75) is 25.7 Å². The van der Waals surface area contributed by atoms with Gasteiger partial charge in [-0.25, -0.2) is 0 Å². The van der Waals surface area contributed by atoms with Crippen molar-refractivity contribution >= 4 is 22.6 Å². The number of para-hydroxylation sites is 1. The van der Waals surface area contributed by atoms with Gasteiger partial charge in [0, 0.05) is 11.3 Å². The first-order valence-corrected chi connectivity index (χ1v) is 7.08. The second-order valence-electron chi connectivity index (χ2n) is 5.74. The SMILES string of the molecule is O=C(Nc1n[nH]c2ccccc12)C1C2CCCCC21. The molecule has 1 heterocycles. The molecule has 19 heavy (non-hydrogen) atoms. The molecule has 0 saturated heterocycles. The van der Waals surface area contributed by atoms with Gasteiger partial charge in [0.1, 0.15) is 0 Å². The number of aromatic nitrogens is 2. The molecule has 2 N–H and O–H groups in total. The molecule has 4 heteroatoms. The van der Waals surface area contributed by atoms with Crippen LogP contribution in [0.15, 0.2) is 24.3 Å². The van der Waals surface area contributed by atoms with Gasteiger partial charge in [-0.05, 0) is 36.8 Å². The van der Waals surface area contributed by atoms with Gasteiger partial charge in [-0.2, -0.15) is 5.10 Å². The van der Waals surface area contributed by atoms with Crippen molar-refractivity contribution in [3.05, 3.63) is 24.3 Å². The lowest BCUT2D eigenvalue weighted by Crippen LogP contribution is -2.15. The highest BCUT2D eigenvalue weighted by atomic mass is 16.2. The zero-order valence-corrected chi connectivity index (χ0v) is 10.7. The third kappa shape index (κ3) is 1.74. The van der Waals surface area contributed by atoms with Crippen LogP contribution in [-0.4, -0.2) is 16.1 Å². The molecule has 0 aliphatic heterocycles. The molecule has 4 rings (SSSR count). The van der Waals surface area contributed by atoms with Crippen molar-refractivity contribution in [3.8, 4) is 0 Å². The standard InChI is InChI=1S/C15H17N3O/c19-15(13-9-5-1-2-6-10(9)13)16-14-11-7-3-4-8-12(11)17-18-14/h3-4,7-10,13H,1-2,5-6H2,(H2,16,17,18,19). The van der Waals surface area contributed by atoms with Gasteiger partial charge < -0.3 is 5.32 Å². The molecule has 1 amide bonds. The Morgan fingerprint density at radius 3 is 2.74 bits per heavy atom. The lowest BCUT2D eigenvalue weighted by molar-refractivity contribution is -0.117. The van der Waals surface area contributed by atoms with Crippen LogP contribution < -0.4 is 5.32 Å². The highest BCUT2D eigenvalue weighted by Gasteiger charge is 2.54. The maximum absolute atomic E-state index is 12.3. The van der Waals surface area contributed by atoms with E-state index in [0.717, 1.165) is 10.9 Å². The summed E-state index contributed by atoms with van der Waals surface area (Å²) in [4.78, 5) is 12.3. The molecule has 0 radical (unpaired) electrons. The first-order chi connectivity index (χ1) is 9.34. The molecule has 2 atom stereocenters. The van der Waals surface area contributed by atoms with Gasteiger partial charge in [0.05, 0.1) is 5.52 Å². The van der Waals surface area contributed by atoms with Crippen LogP contribution in [0.2, 0.25) is 0 Å². The quantitative estimate of drug-likeness (QED) is 0.866. The fourth-order valence-electron chi connectivity index (χ4n) is 3.64. The molecule has 2 aromatic rings. The van der Waals surface area contributed by atoms with Crippen LogP contribution >= 0.6 is 0 Å². The maximum Gasteiger partial charge on any atom is 0.229 e. The van der Waals surface area contributed by atoms with Crippen molar-refractivity contribution in [3.63, 3.8) is 0 Å². The summed E-state index contributed by atoms with van der Waals surface area (Å²) in [7, 11) is 0. The highest BCUT2D eigenvalue weighted by Crippen LogP contribution is 2.55. The van der Waals surface area contributed by atoms with Crippen LogP contribution in [0.25, 0.3) is 10.9 Å². The number of anilines is 1. The monoisotopic (exact) mass is 255 g/mol. The van der Waals surface area contributed by atoms with E-state index in [4.69, 9.17) is 0 Å². The number of carbonyl (C=O) groups is 1. The van der Waals surface area contributed by atoms with Gasteiger partial charge in [0.15, 0.2) is 5.82 Å². The maximum atomic E-state index is 12.3. The van der Waals surface area contributed by atoms with Crippen LogP contribution in [0, 0.1) is 17.8 Å². The fraction of sp³-hybridized carbons (Fsp3) is 0.467. The molecule has 2 aliphatic rings. The largest absolute Gasteiger partial charge is 0.308 e. The Bertz CT molecular complexity index is 621. The minimum Gasteiger partial charge on any atom is -0.308 e. The number of amides is 1. The molecule has 98 valence electrons. The van der Waals surface area contributed by atoms with E-state index >= 15 is 0 Å². The summed E-state index contributed by atoms with van der Waals surface area (Å²) in [5.41, 5.74) is 0.964. The van der Waals surface area contributed by atoms with Gasteiger partial charge >= 0.3 is 0 Å². The Kier molecular flexibility index (Phi) is 2.37. The van der Waals surface area contributed by atoms with Crippen molar-refractivity contribution in [1.29, 1.82) is 0 Å². The van der Waals surface area contributed by atoms with Crippen LogP contribution in [-0.2, 0) is 4.79 Å². The van der Waals surface area contributed by atoms with Crippen molar-refractivity contribution < 1.29 is 4.79 Å². The first-order valence-electron chi connectivity index (χ1n) is 7.08. The Balaban J connectivity index is 1.54. The van der Waals surface area contributed by atoms with E-state index in [2.05, 4.69) is 15.5 Å². The molecular formula is C15H17N3O. The van der Waals surface area contributed by atoms with Crippen molar-refractivity contribution in [1.82, 2.24) is 10.2 Å². The number of rotatable bonds is 2. The number of fused-ring (bicyclic) bond motifs is 2. The zero-order valence-electron chi connectivity index (χ0n) is 10.7. The summed E-state index contributed by atoms with van der Waals surface area (Å²) >= 11 is 0. The number of hydrogen-bond acceptors (Lipinski definition) is 2. The lowest BCUT2D eigenvalue weighted by Gasteiger charge is -2.04. The summed E-state index contributed by atoms with van der Waals surface area (Å²) in [5, 5.41) is 11.1. The summed E-state index contributed by atoms with van der Waals surface area (Å²) in [6.07, 6.45) is 5.03. The van der Waals surface area contributed by atoms with Gasteiger partial charge in [0.2, 0.25) is 5.91 Å². The average molecular weight is 255 g/mol. The van der Waals surface area contributed by atoms with Crippen LogP contribution in [0.5, 0.6) is 0 Å². The van der Waals surface area contributed by atoms with Crippen LogP contribution in [0.4, 0.5) is 5.82 Å². The Labute approximate surface area is 111 Å². The van der Waals surface area contributed by atoms with E-state index in [-0.39, 0.29) is 11.8 Å². The van der Waals surface area contributed by atoms with Gasteiger partial charge in [-0.15, -0.1) is 0 Å². The predicted molar refractivity (Wildman–Crippen MR) is 73.7 cm³/mol. The number of carbonyl (C=O) groups excluding carboxylic acids is 1. The predicted octanol–water partition coefficient (Wildman–Crippen LogP) is 2.94. The first kappa shape index (κ1) is 11.0. The fourth-order valence-corrected chi connectivity index (χ4v) is 3.64. The molecule has 1 aromatic heterocycles.